The van der Waals surface area contributed by atoms with Crippen molar-refractivity contribution in [2.24, 2.45) is 0 Å². The van der Waals surface area contributed by atoms with Gasteiger partial charge in [0, 0.05) is 12.8 Å². The number of carboxylic acid groups (broad SMARTS) is 1. The lowest BCUT2D eigenvalue weighted by molar-refractivity contribution is -0.870. The molecule has 0 saturated heterocycles. The quantitative estimate of drug-likeness (QED) is 0.0195. The fraction of sp³-hybridized carbons (Fsp3) is 0.609. The first-order valence-electron chi connectivity index (χ1n) is 28.3. The molecule has 0 N–H and O–H groups in total. The number of allylic oxidation sites excluding steroid dienone is 22. The summed E-state index contributed by atoms with van der Waals surface area (Å²) in [6, 6.07) is 0. The van der Waals surface area contributed by atoms with Crippen LogP contribution in [0.15, 0.2) is 134 Å². The highest BCUT2D eigenvalue weighted by Gasteiger charge is 2.21. The van der Waals surface area contributed by atoms with E-state index in [-0.39, 0.29) is 32.7 Å². The minimum absolute atomic E-state index is 0.131. The predicted octanol–water partition coefficient (Wildman–Crippen LogP) is 15.3. The van der Waals surface area contributed by atoms with Crippen LogP contribution in [-0.4, -0.2) is 82.3 Å². The van der Waals surface area contributed by atoms with Gasteiger partial charge in [-0.25, -0.2) is 0 Å². The third-order valence-electron chi connectivity index (χ3n) is 11.4. The van der Waals surface area contributed by atoms with Gasteiger partial charge in [0.2, 0.25) is 0 Å². The highest BCUT2D eigenvalue weighted by Crippen LogP contribution is 2.15. The number of carbonyl (C=O) groups is 3. The van der Waals surface area contributed by atoms with Crippen LogP contribution in [0.25, 0.3) is 0 Å². The fourth-order valence-electron chi connectivity index (χ4n) is 7.12. The van der Waals surface area contributed by atoms with Crippen molar-refractivity contribution in [3.63, 3.8) is 0 Å². The first-order valence-corrected chi connectivity index (χ1v) is 28.3. The predicted molar refractivity (Wildman–Crippen MR) is 306 cm³/mol. The smallest absolute Gasteiger partial charge is 0.306 e. The summed E-state index contributed by atoms with van der Waals surface area (Å²) in [6.45, 7) is 4.40. The van der Waals surface area contributed by atoms with Crippen molar-refractivity contribution in [2.45, 2.75) is 206 Å². The first kappa shape index (κ1) is 68.4. The number of nitrogens with zero attached hydrogens (tertiary/aromatic N) is 1. The molecular weight excluding hydrogens is 911 g/mol. The van der Waals surface area contributed by atoms with Gasteiger partial charge >= 0.3 is 11.9 Å². The molecule has 0 radical (unpaired) electrons. The van der Waals surface area contributed by atoms with Crippen LogP contribution in [0, 0.1) is 0 Å². The lowest BCUT2D eigenvalue weighted by Crippen LogP contribution is -2.44. The van der Waals surface area contributed by atoms with E-state index in [4.69, 9.17) is 18.9 Å². The molecule has 0 heterocycles. The van der Waals surface area contributed by atoms with Crippen LogP contribution in [0.1, 0.15) is 194 Å². The van der Waals surface area contributed by atoms with E-state index >= 15 is 0 Å². The number of carboxylic acids is 1. The fourth-order valence-corrected chi connectivity index (χ4v) is 7.12. The van der Waals surface area contributed by atoms with Crippen LogP contribution in [0.5, 0.6) is 0 Å². The van der Waals surface area contributed by atoms with Crippen LogP contribution in [0.2, 0.25) is 0 Å². The Balaban J connectivity index is 4.19. The van der Waals surface area contributed by atoms with Crippen LogP contribution < -0.4 is 5.11 Å². The van der Waals surface area contributed by atoms with Gasteiger partial charge < -0.3 is 33.3 Å². The Morgan fingerprint density at radius 3 is 1.15 bits per heavy atom. The Morgan fingerprint density at radius 2 is 0.767 bits per heavy atom. The van der Waals surface area contributed by atoms with Gasteiger partial charge in [-0.15, -0.1) is 0 Å². The number of hydrogen-bond acceptors (Lipinski definition) is 8. The number of esters is 2. The molecular formula is C64H103NO8. The molecule has 73 heavy (non-hydrogen) atoms. The van der Waals surface area contributed by atoms with Gasteiger partial charge in [0.25, 0.3) is 0 Å². The second-order valence-electron chi connectivity index (χ2n) is 19.5. The number of hydrogen-bond donors (Lipinski definition) is 0. The number of unbranched alkanes of at least 4 members (excludes halogenated alkanes) is 13. The van der Waals surface area contributed by atoms with E-state index in [1.165, 1.54) is 64.2 Å². The number of rotatable bonds is 50. The van der Waals surface area contributed by atoms with Gasteiger partial charge in [-0.05, 0) is 96.3 Å². The maximum atomic E-state index is 12.8. The van der Waals surface area contributed by atoms with E-state index in [2.05, 4.69) is 135 Å². The van der Waals surface area contributed by atoms with Crippen molar-refractivity contribution in [1.82, 2.24) is 0 Å². The molecule has 0 rings (SSSR count). The second-order valence-corrected chi connectivity index (χ2v) is 19.5. The lowest BCUT2D eigenvalue weighted by atomic mass is 10.0. The molecule has 0 fully saturated rings. The van der Waals surface area contributed by atoms with Crippen molar-refractivity contribution in [3.05, 3.63) is 134 Å². The Bertz CT molecular complexity index is 1650. The summed E-state index contributed by atoms with van der Waals surface area (Å²) in [5.41, 5.74) is 0. The molecule has 0 amide bonds. The highest BCUT2D eigenvalue weighted by atomic mass is 16.7. The number of ether oxygens (including phenoxy) is 4. The lowest BCUT2D eigenvalue weighted by Gasteiger charge is -2.26. The minimum Gasteiger partial charge on any atom is -0.545 e. The van der Waals surface area contributed by atoms with Crippen molar-refractivity contribution in [1.29, 1.82) is 0 Å². The molecule has 9 nitrogen and oxygen atoms in total. The molecule has 2 unspecified atom stereocenters. The van der Waals surface area contributed by atoms with Gasteiger partial charge in [-0.2, -0.15) is 0 Å². The van der Waals surface area contributed by atoms with E-state index in [1.807, 2.05) is 33.3 Å². The van der Waals surface area contributed by atoms with E-state index in [0.29, 0.717) is 23.9 Å². The highest BCUT2D eigenvalue weighted by molar-refractivity contribution is 5.70. The van der Waals surface area contributed by atoms with E-state index in [1.54, 1.807) is 0 Å². The van der Waals surface area contributed by atoms with Gasteiger partial charge in [-0.1, -0.05) is 218 Å². The summed E-state index contributed by atoms with van der Waals surface area (Å²) in [5.74, 6) is -2.41. The molecule has 0 aromatic rings. The van der Waals surface area contributed by atoms with Gasteiger partial charge in [0.05, 0.1) is 40.3 Å². The number of carbonyl (C=O) groups excluding carboxylic acids is 3. The van der Waals surface area contributed by atoms with E-state index in [0.717, 1.165) is 89.9 Å². The number of quaternary nitrogens is 1. The molecule has 9 heteroatoms. The molecule has 412 valence electrons. The summed E-state index contributed by atoms with van der Waals surface area (Å²) in [5, 5.41) is 11.7. The number of likely N-dealkylation sites (N-methyl/N-ethyl adjacent to an activating group) is 1. The van der Waals surface area contributed by atoms with Crippen LogP contribution in [0.3, 0.4) is 0 Å². The van der Waals surface area contributed by atoms with E-state index < -0.39 is 30.3 Å². The van der Waals surface area contributed by atoms with Gasteiger partial charge in [0.1, 0.15) is 13.2 Å². The average Bonchev–Trinajstić information content (AvgIpc) is 3.36. The Hall–Kier alpha value is -4.57. The zero-order valence-corrected chi connectivity index (χ0v) is 46.7. The first-order chi connectivity index (χ1) is 35.6. The molecule has 0 aliphatic heterocycles. The Labute approximate surface area is 446 Å². The van der Waals surface area contributed by atoms with Gasteiger partial charge in [0.15, 0.2) is 12.4 Å². The Kier molecular flexibility index (Phi) is 50.4. The summed E-state index contributed by atoms with van der Waals surface area (Å²) in [6.07, 6.45) is 73.9. The molecule has 0 aromatic heterocycles. The average molecular weight is 1010 g/mol. The van der Waals surface area contributed by atoms with Crippen molar-refractivity contribution < 1.29 is 42.9 Å². The Morgan fingerprint density at radius 1 is 0.411 bits per heavy atom. The minimum atomic E-state index is -1.64. The van der Waals surface area contributed by atoms with Crippen LogP contribution >= 0.6 is 0 Å². The van der Waals surface area contributed by atoms with Crippen molar-refractivity contribution in [2.75, 3.05) is 47.5 Å². The van der Waals surface area contributed by atoms with Crippen LogP contribution in [0.4, 0.5) is 0 Å². The molecule has 0 aliphatic rings. The summed E-state index contributed by atoms with van der Waals surface area (Å²) < 4.78 is 22.5. The number of aliphatic carboxylic acids is 1. The molecule has 0 saturated carbocycles. The van der Waals surface area contributed by atoms with Crippen LogP contribution in [-0.2, 0) is 33.3 Å². The molecule has 0 spiro atoms. The zero-order valence-electron chi connectivity index (χ0n) is 46.7. The van der Waals surface area contributed by atoms with E-state index in [9.17, 15) is 19.5 Å². The monoisotopic (exact) mass is 1010 g/mol. The molecule has 0 aliphatic carbocycles. The van der Waals surface area contributed by atoms with Gasteiger partial charge in [-0.3, -0.25) is 9.59 Å². The normalized spacial score (nSPS) is 13.8. The molecule has 2 atom stereocenters. The third-order valence-corrected chi connectivity index (χ3v) is 11.4. The second kappa shape index (κ2) is 53.7. The maximum Gasteiger partial charge on any atom is 0.306 e. The summed E-state index contributed by atoms with van der Waals surface area (Å²) in [4.78, 5) is 37.1. The standard InChI is InChI=1S/C64H103NO8/c1-6-8-10-12-14-16-18-20-21-22-23-24-25-26-27-28-29-30-31-32-33-34-35-36-37-38-39-40-41-43-45-47-49-51-53-55-62(67)73-60(59-72-64(63(68)69)70-57-56-65(3,4)5)58-71-61(66)54-52-50-48-46-44-42-19-17-15-13-11-9-7-2/h8-11,14-17,20-21,23-24,26-27,29-30,32-33,42,44,48,50,60,64H,6-7,12-13,18-19,22,25,28,31,34-41,43,45-47,49,51-59H2,1-5H3/b10-8-,11-9-,16-14-,17-15-,21-20-,24-23-,27-26-,30-29-,33-32-,44-42-,50-48-. The third kappa shape index (κ3) is 55.0. The molecule has 0 bridgehead atoms. The maximum absolute atomic E-state index is 12.8. The van der Waals surface area contributed by atoms with Crippen molar-refractivity contribution in [3.8, 4) is 0 Å². The van der Waals surface area contributed by atoms with Crippen molar-refractivity contribution >= 4 is 17.9 Å². The molecule has 0 aromatic carbocycles. The largest absolute Gasteiger partial charge is 0.545 e. The zero-order chi connectivity index (χ0) is 53.4. The SMILES string of the molecule is CC/C=C\C/C=C\C/C=C\C/C=C\C/C=C\C/C=C\C/C=C\CCCCCCCCCCCCCCCC(=O)OC(COC(=O)CC/C=C\C/C=C\C/C=C\C/C=C\CC)COC(OCC[N+](C)(C)C)C(=O)[O-]. The topological polar surface area (TPSA) is 111 Å². The summed E-state index contributed by atoms with van der Waals surface area (Å²) >= 11 is 0. The summed E-state index contributed by atoms with van der Waals surface area (Å²) in [7, 11) is 5.89.